The number of imide groups is 1. The van der Waals surface area contributed by atoms with E-state index in [1.807, 2.05) is 0 Å². The summed E-state index contributed by atoms with van der Waals surface area (Å²) in [5, 5.41) is 3.10. The molecule has 3 rings (SSSR count). The van der Waals surface area contributed by atoms with Crippen molar-refractivity contribution in [1.29, 1.82) is 0 Å². The summed E-state index contributed by atoms with van der Waals surface area (Å²) in [5.41, 5.74) is -1.07. The molecule has 4 unspecified atom stereocenters. The summed E-state index contributed by atoms with van der Waals surface area (Å²) in [6.07, 6.45) is 0.255. The minimum absolute atomic E-state index is 0.155. The largest absolute Gasteiger partial charge is 0.465 e. The monoisotopic (exact) mass is 348 g/mol. The van der Waals surface area contributed by atoms with Gasteiger partial charge >= 0.3 is 5.97 Å². The van der Waals surface area contributed by atoms with Crippen molar-refractivity contribution in [2.24, 2.45) is 11.8 Å². The molecule has 134 valence electrons. The Morgan fingerprint density at radius 3 is 2.56 bits per heavy atom. The van der Waals surface area contributed by atoms with E-state index in [0.717, 1.165) is 4.90 Å². The maximum absolute atomic E-state index is 14.4. The van der Waals surface area contributed by atoms with Crippen LogP contribution in [0.25, 0.3) is 0 Å². The first-order chi connectivity index (χ1) is 11.9. The van der Waals surface area contributed by atoms with E-state index in [1.165, 1.54) is 13.1 Å². The number of esters is 1. The van der Waals surface area contributed by atoms with Crippen molar-refractivity contribution in [3.05, 3.63) is 35.6 Å². The quantitative estimate of drug-likeness (QED) is 0.658. The molecular weight excluding hydrogens is 327 g/mol. The molecule has 0 bridgehead atoms. The first-order valence-corrected chi connectivity index (χ1v) is 8.39. The molecule has 1 N–H and O–H groups in total. The summed E-state index contributed by atoms with van der Waals surface area (Å²) in [6.45, 7) is 3.58. The van der Waals surface area contributed by atoms with Gasteiger partial charge in [0.25, 0.3) is 0 Å². The molecule has 0 spiro atoms. The van der Waals surface area contributed by atoms with Gasteiger partial charge in [-0.15, -0.1) is 0 Å². The fraction of sp³-hybridized carbons (Fsp3) is 0.500. The van der Waals surface area contributed by atoms with E-state index in [-0.39, 0.29) is 18.6 Å². The number of fused-ring (bicyclic) bond motifs is 1. The number of rotatable bonds is 4. The Balaban J connectivity index is 2.14. The van der Waals surface area contributed by atoms with Crippen LogP contribution < -0.4 is 5.32 Å². The standard InChI is InChI=1S/C18H21FN2O4/c1-4-18(17(24)25-5-2)13-12(15(22)21(3)16(13)23)14(20-18)10-8-6-7-9-11(10)19/h6-9,12-14,20H,4-5H2,1-3H3. The van der Waals surface area contributed by atoms with Crippen molar-refractivity contribution in [2.75, 3.05) is 13.7 Å². The van der Waals surface area contributed by atoms with Crippen molar-refractivity contribution in [1.82, 2.24) is 10.2 Å². The Labute approximate surface area is 145 Å². The fourth-order valence-corrected chi connectivity index (χ4v) is 4.06. The minimum Gasteiger partial charge on any atom is -0.465 e. The van der Waals surface area contributed by atoms with Crippen molar-refractivity contribution >= 4 is 17.8 Å². The van der Waals surface area contributed by atoms with Crippen LogP contribution in [-0.4, -0.2) is 41.9 Å². The van der Waals surface area contributed by atoms with Crippen LogP contribution in [0, 0.1) is 17.7 Å². The van der Waals surface area contributed by atoms with Crippen LogP contribution in [0.1, 0.15) is 31.9 Å². The van der Waals surface area contributed by atoms with Gasteiger partial charge in [-0.05, 0) is 19.4 Å². The van der Waals surface area contributed by atoms with E-state index in [2.05, 4.69) is 5.32 Å². The number of nitrogens with zero attached hydrogens (tertiary/aromatic N) is 1. The molecule has 0 aliphatic carbocycles. The van der Waals surface area contributed by atoms with Crippen LogP contribution in [0.4, 0.5) is 4.39 Å². The number of amides is 2. The molecule has 0 radical (unpaired) electrons. The molecule has 0 saturated carbocycles. The highest BCUT2D eigenvalue weighted by Gasteiger charge is 2.67. The molecule has 2 heterocycles. The average Bonchev–Trinajstić information content (AvgIpc) is 3.06. The van der Waals surface area contributed by atoms with Crippen LogP contribution in [0.2, 0.25) is 0 Å². The summed E-state index contributed by atoms with van der Waals surface area (Å²) in [6, 6.07) is 5.31. The molecule has 7 heteroatoms. The molecule has 0 aromatic heterocycles. The second-order valence-corrected chi connectivity index (χ2v) is 6.43. The molecule has 1 aromatic carbocycles. The number of hydrogen-bond acceptors (Lipinski definition) is 5. The molecule has 2 amide bonds. The van der Waals surface area contributed by atoms with E-state index in [1.54, 1.807) is 32.0 Å². The number of hydrogen-bond donors (Lipinski definition) is 1. The highest BCUT2D eigenvalue weighted by molar-refractivity contribution is 6.09. The van der Waals surface area contributed by atoms with Gasteiger partial charge in [-0.3, -0.25) is 24.6 Å². The topological polar surface area (TPSA) is 75.7 Å². The SMILES string of the molecule is CCOC(=O)C1(CC)NC(c2ccccc2F)C2C(=O)N(C)C(=O)C21. The third kappa shape index (κ3) is 2.37. The van der Waals surface area contributed by atoms with Gasteiger partial charge in [-0.2, -0.15) is 0 Å². The molecule has 1 aromatic rings. The number of halogens is 1. The lowest BCUT2D eigenvalue weighted by molar-refractivity contribution is -0.156. The molecule has 2 fully saturated rings. The predicted molar refractivity (Wildman–Crippen MR) is 86.7 cm³/mol. The zero-order valence-electron chi connectivity index (χ0n) is 14.4. The first-order valence-electron chi connectivity index (χ1n) is 8.39. The molecule has 2 aliphatic heterocycles. The highest BCUT2D eigenvalue weighted by Crippen LogP contribution is 2.50. The lowest BCUT2D eigenvalue weighted by Gasteiger charge is -2.31. The smallest absolute Gasteiger partial charge is 0.327 e. The average molecular weight is 348 g/mol. The normalized spacial score (nSPS) is 31.4. The number of carbonyl (C=O) groups is 3. The lowest BCUT2D eigenvalue weighted by Crippen LogP contribution is -2.55. The highest BCUT2D eigenvalue weighted by atomic mass is 19.1. The van der Waals surface area contributed by atoms with Crippen LogP contribution in [0.15, 0.2) is 24.3 Å². The van der Waals surface area contributed by atoms with Gasteiger partial charge in [-0.25, -0.2) is 4.39 Å². The van der Waals surface area contributed by atoms with Crippen LogP contribution in [0.3, 0.4) is 0 Å². The molecule has 2 aliphatic rings. The Hall–Kier alpha value is -2.28. The van der Waals surface area contributed by atoms with Gasteiger partial charge in [0.15, 0.2) is 0 Å². The van der Waals surface area contributed by atoms with Gasteiger partial charge in [0.05, 0.1) is 18.4 Å². The van der Waals surface area contributed by atoms with E-state index < -0.39 is 47.0 Å². The Morgan fingerprint density at radius 1 is 1.28 bits per heavy atom. The van der Waals surface area contributed by atoms with Gasteiger partial charge in [0.1, 0.15) is 11.4 Å². The minimum atomic E-state index is -1.34. The van der Waals surface area contributed by atoms with Crippen molar-refractivity contribution in [3.63, 3.8) is 0 Å². The van der Waals surface area contributed by atoms with Gasteiger partial charge < -0.3 is 4.74 Å². The van der Waals surface area contributed by atoms with Crippen molar-refractivity contribution in [3.8, 4) is 0 Å². The Morgan fingerprint density at radius 2 is 1.96 bits per heavy atom. The molecule has 25 heavy (non-hydrogen) atoms. The van der Waals surface area contributed by atoms with Crippen molar-refractivity contribution < 1.29 is 23.5 Å². The maximum atomic E-state index is 14.4. The third-order valence-electron chi connectivity index (χ3n) is 5.31. The number of benzene rings is 1. The summed E-state index contributed by atoms with van der Waals surface area (Å²) in [5.74, 6) is -3.64. The number of likely N-dealkylation sites (tertiary alicyclic amines) is 1. The summed E-state index contributed by atoms with van der Waals surface area (Å²) in [7, 11) is 1.40. The summed E-state index contributed by atoms with van der Waals surface area (Å²) in [4.78, 5) is 39.1. The zero-order chi connectivity index (χ0) is 18.4. The predicted octanol–water partition coefficient (Wildman–Crippen LogP) is 1.41. The Kier molecular flexibility index (Phi) is 4.36. The Bertz CT molecular complexity index is 738. The number of carbonyl (C=O) groups excluding carboxylic acids is 3. The molecular formula is C18H21FN2O4. The molecule has 2 saturated heterocycles. The first kappa shape index (κ1) is 17.5. The molecule has 6 nitrogen and oxygen atoms in total. The summed E-state index contributed by atoms with van der Waals surface area (Å²) < 4.78 is 19.5. The molecule has 4 atom stereocenters. The van der Waals surface area contributed by atoms with E-state index in [0.29, 0.717) is 0 Å². The van der Waals surface area contributed by atoms with Gasteiger partial charge in [-0.1, -0.05) is 25.1 Å². The lowest BCUT2D eigenvalue weighted by atomic mass is 9.78. The van der Waals surface area contributed by atoms with Crippen LogP contribution in [0.5, 0.6) is 0 Å². The maximum Gasteiger partial charge on any atom is 0.327 e. The second kappa shape index (κ2) is 6.22. The van der Waals surface area contributed by atoms with Gasteiger partial charge in [0.2, 0.25) is 11.8 Å². The third-order valence-corrected chi connectivity index (χ3v) is 5.31. The fourth-order valence-electron chi connectivity index (χ4n) is 4.06. The van der Waals surface area contributed by atoms with Crippen molar-refractivity contribution in [2.45, 2.75) is 31.8 Å². The number of ether oxygens (including phenoxy) is 1. The van der Waals surface area contributed by atoms with E-state index in [9.17, 15) is 18.8 Å². The summed E-state index contributed by atoms with van der Waals surface area (Å²) >= 11 is 0. The number of nitrogens with one attached hydrogen (secondary N) is 1. The zero-order valence-corrected chi connectivity index (χ0v) is 14.4. The van der Waals surface area contributed by atoms with Crippen LogP contribution in [-0.2, 0) is 19.1 Å². The van der Waals surface area contributed by atoms with Gasteiger partial charge in [0, 0.05) is 18.7 Å². The second-order valence-electron chi connectivity index (χ2n) is 6.43. The van der Waals surface area contributed by atoms with E-state index >= 15 is 0 Å². The van der Waals surface area contributed by atoms with E-state index in [4.69, 9.17) is 4.74 Å². The van der Waals surface area contributed by atoms with Crippen LogP contribution >= 0.6 is 0 Å².